The van der Waals surface area contributed by atoms with Crippen LogP contribution in [0.4, 0.5) is 0 Å². The van der Waals surface area contributed by atoms with Crippen LogP contribution in [0, 0.1) is 0 Å². The molecule has 1 aromatic heterocycles. The van der Waals surface area contributed by atoms with E-state index in [0.717, 1.165) is 0 Å². The lowest BCUT2D eigenvalue weighted by atomic mass is 10.3. The molecule has 5 heteroatoms. The maximum absolute atomic E-state index is 10.3. The number of carboxylic acids is 1. The standard InChI is InChI=1S/C7H7NO4/c1-11-12-5-2-3-6(7(9)10)8-4-5/h2-4H,1H3,(H,9,10). The van der Waals surface area contributed by atoms with Crippen LogP contribution in [-0.2, 0) is 4.89 Å². The summed E-state index contributed by atoms with van der Waals surface area (Å²) in [5.41, 5.74) is -0.0292. The average molecular weight is 169 g/mol. The summed E-state index contributed by atoms with van der Waals surface area (Å²) < 4.78 is 0. The Morgan fingerprint density at radius 2 is 2.33 bits per heavy atom. The lowest BCUT2D eigenvalue weighted by Crippen LogP contribution is -2.00. The van der Waals surface area contributed by atoms with Gasteiger partial charge in [0.05, 0.1) is 13.3 Å². The number of aromatic carboxylic acids is 1. The highest BCUT2D eigenvalue weighted by Crippen LogP contribution is 2.08. The quantitative estimate of drug-likeness (QED) is 0.533. The number of nitrogens with zero attached hydrogens (tertiary/aromatic N) is 1. The lowest BCUT2D eigenvalue weighted by molar-refractivity contribution is -0.178. The fraction of sp³-hybridized carbons (Fsp3) is 0.143. The molecule has 1 aromatic rings. The molecule has 0 aliphatic heterocycles. The first-order valence-electron chi connectivity index (χ1n) is 3.14. The van der Waals surface area contributed by atoms with Crippen LogP contribution in [0.25, 0.3) is 0 Å². The molecule has 0 atom stereocenters. The highest BCUT2D eigenvalue weighted by Gasteiger charge is 2.03. The molecule has 0 aromatic carbocycles. The molecule has 0 amide bonds. The largest absolute Gasteiger partial charge is 0.477 e. The summed E-state index contributed by atoms with van der Waals surface area (Å²) in [4.78, 5) is 22.9. The molecule has 1 N–H and O–H groups in total. The van der Waals surface area contributed by atoms with Gasteiger partial charge in [-0.1, -0.05) is 0 Å². The molecule has 12 heavy (non-hydrogen) atoms. The van der Waals surface area contributed by atoms with Gasteiger partial charge in [0.1, 0.15) is 5.69 Å². The molecular weight excluding hydrogens is 162 g/mol. The van der Waals surface area contributed by atoms with Crippen molar-refractivity contribution in [3.05, 3.63) is 24.0 Å². The van der Waals surface area contributed by atoms with Gasteiger partial charge in [0, 0.05) is 0 Å². The molecule has 0 unspecified atom stereocenters. The number of carbonyl (C=O) groups is 1. The van der Waals surface area contributed by atoms with E-state index in [2.05, 4.69) is 14.8 Å². The first-order chi connectivity index (χ1) is 5.74. The van der Waals surface area contributed by atoms with Crippen LogP contribution in [0.1, 0.15) is 10.5 Å². The predicted molar refractivity (Wildman–Crippen MR) is 38.8 cm³/mol. The van der Waals surface area contributed by atoms with E-state index in [1.807, 2.05) is 0 Å². The molecule has 0 radical (unpaired) electrons. The third kappa shape index (κ3) is 1.93. The molecule has 0 saturated heterocycles. The van der Waals surface area contributed by atoms with E-state index in [0.29, 0.717) is 5.75 Å². The van der Waals surface area contributed by atoms with E-state index in [-0.39, 0.29) is 5.69 Å². The van der Waals surface area contributed by atoms with E-state index in [4.69, 9.17) is 5.11 Å². The third-order valence-electron chi connectivity index (χ3n) is 1.14. The maximum atomic E-state index is 10.3. The van der Waals surface area contributed by atoms with E-state index in [1.54, 1.807) is 0 Å². The van der Waals surface area contributed by atoms with Gasteiger partial charge in [0.2, 0.25) is 0 Å². The summed E-state index contributed by atoms with van der Waals surface area (Å²) in [7, 11) is 1.35. The molecule has 1 heterocycles. The highest BCUT2D eigenvalue weighted by molar-refractivity contribution is 5.85. The van der Waals surface area contributed by atoms with E-state index in [9.17, 15) is 4.79 Å². The Bertz CT molecular complexity index is 269. The third-order valence-corrected chi connectivity index (χ3v) is 1.14. The molecule has 0 aliphatic rings. The van der Waals surface area contributed by atoms with E-state index >= 15 is 0 Å². The number of hydrogen-bond donors (Lipinski definition) is 1. The molecule has 0 saturated carbocycles. The Labute approximate surface area is 68.5 Å². The smallest absolute Gasteiger partial charge is 0.354 e. The van der Waals surface area contributed by atoms with Crippen molar-refractivity contribution >= 4 is 5.97 Å². The van der Waals surface area contributed by atoms with Crippen LogP contribution in [0.2, 0.25) is 0 Å². The minimum Gasteiger partial charge on any atom is -0.477 e. The molecular formula is C7H7NO4. The maximum Gasteiger partial charge on any atom is 0.354 e. The van der Waals surface area contributed by atoms with Gasteiger partial charge in [-0.2, -0.15) is 4.89 Å². The first kappa shape index (κ1) is 8.48. The molecule has 1 rings (SSSR count). The molecule has 0 aliphatic carbocycles. The Balaban J connectivity index is 2.78. The summed E-state index contributed by atoms with van der Waals surface area (Å²) in [5.74, 6) is -0.707. The molecule has 64 valence electrons. The molecule has 0 fully saturated rings. The lowest BCUT2D eigenvalue weighted by Gasteiger charge is -1.99. The summed E-state index contributed by atoms with van der Waals surface area (Å²) >= 11 is 0. The number of pyridine rings is 1. The van der Waals surface area contributed by atoms with Gasteiger partial charge in [0.15, 0.2) is 5.75 Å². The van der Waals surface area contributed by atoms with Gasteiger partial charge < -0.3 is 9.99 Å². The minimum atomic E-state index is -1.07. The van der Waals surface area contributed by atoms with E-state index < -0.39 is 5.97 Å². The predicted octanol–water partition coefficient (Wildman–Crippen LogP) is 0.720. The monoisotopic (exact) mass is 169 g/mol. The topological polar surface area (TPSA) is 68.7 Å². The van der Waals surface area contributed by atoms with Gasteiger partial charge in [-0.3, -0.25) is 0 Å². The van der Waals surface area contributed by atoms with E-state index in [1.165, 1.54) is 25.4 Å². The second kappa shape index (κ2) is 3.68. The number of hydrogen-bond acceptors (Lipinski definition) is 4. The molecule has 0 bridgehead atoms. The van der Waals surface area contributed by atoms with Gasteiger partial charge in [0.25, 0.3) is 0 Å². The Kier molecular flexibility index (Phi) is 2.60. The number of aromatic nitrogens is 1. The minimum absolute atomic E-state index is 0.0292. The Hall–Kier alpha value is -1.62. The van der Waals surface area contributed by atoms with Crippen LogP contribution in [0.5, 0.6) is 5.75 Å². The van der Waals surface area contributed by atoms with Crippen molar-refractivity contribution in [2.24, 2.45) is 0 Å². The van der Waals surface area contributed by atoms with Crippen molar-refractivity contribution in [3.8, 4) is 5.75 Å². The van der Waals surface area contributed by atoms with Gasteiger partial charge >= 0.3 is 5.97 Å². The van der Waals surface area contributed by atoms with Crippen LogP contribution in [0.3, 0.4) is 0 Å². The summed E-state index contributed by atoms with van der Waals surface area (Å²) in [6.45, 7) is 0. The summed E-state index contributed by atoms with van der Waals surface area (Å²) in [6.07, 6.45) is 1.27. The van der Waals surface area contributed by atoms with Crippen molar-refractivity contribution in [3.63, 3.8) is 0 Å². The normalized spacial score (nSPS) is 9.42. The van der Waals surface area contributed by atoms with Crippen molar-refractivity contribution in [2.45, 2.75) is 0 Å². The fourth-order valence-electron chi connectivity index (χ4n) is 0.652. The van der Waals surface area contributed by atoms with Crippen LogP contribution in [-0.4, -0.2) is 23.2 Å². The van der Waals surface area contributed by atoms with Crippen molar-refractivity contribution in [1.29, 1.82) is 0 Å². The zero-order valence-electron chi connectivity index (χ0n) is 6.35. The van der Waals surface area contributed by atoms with Gasteiger partial charge in [-0.15, -0.1) is 0 Å². The van der Waals surface area contributed by atoms with Crippen LogP contribution >= 0.6 is 0 Å². The highest BCUT2D eigenvalue weighted by atomic mass is 17.2. The van der Waals surface area contributed by atoms with Gasteiger partial charge in [-0.05, 0) is 12.1 Å². The average Bonchev–Trinajstić information content (AvgIpc) is 2.06. The summed E-state index contributed by atoms with van der Waals surface area (Å²) in [6, 6.07) is 2.79. The zero-order chi connectivity index (χ0) is 8.97. The first-order valence-corrected chi connectivity index (χ1v) is 3.14. The van der Waals surface area contributed by atoms with Crippen molar-refractivity contribution in [1.82, 2.24) is 4.98 Å². The van der Waals surface area contributed by atoms with Crippen molar-refractivity contribution in [2.75, 3.05) is 7.11 Å². The van der Waals surface area contributed by atoms with Crippen molar-refractivity contribution < 1.29 is 19.7 Å². The van der Waals surface area contributed by atoms with Crippen LogP contribution < -0.4 is 4.89 Å². The molecule has 0 spiro atoms. The summed E-state index contributed by atoms with van der Waals surface area (Å²) in [5, 5.41) is 8.47. The second-order valence-corrected chi connectivity index (χ2v) is 1.93. The SMILES string of the molecule is COOc1ccc(C(=O)O)nc1. The van der Waals surface area contributed by atoms with Gasteiger partial charge in [-0.25, -0.2) is 9.78 Å². The Morgan fingerprint density at radius 1 is 1.58 bits per heavy atom. The second-order valence-electron chi connectivity index (χ2n) is 1.93. The van der Waals surface area contributed by atoms with Crippen LogP contribution in [0.15, 0.2) is 18.3 Å². The zero-order valence-corrected chi connectivity index (χ0v) is 6.35. The fourth-order valence-corrected chi connectivity index (χ4v) is 0.652. The number of rotatable bonds is 3. The number of carboxylic acid groups (broad SMARTS) is 1. The molecule has 5 nitrogen and oxygen atoms in total. The Morgan fingerprint density at radius 3 is 2.75 bits per heavy atom.